The van der Waals surface area contributed by atoms with E-state index in [-0.39, 0.29) is 16.8 Å². The number of nitrogens with zero attached hydrogens (tertiary/aromatic N) is 2. The van der Waals surface area contributed by atoms with Crippen molar-refractivity contribution in [2.24, 2.45) is 5.92 Å². The topological polar surface area (TPSA) is 57.7 Å². The number of benzene rings is 1. The summed E-state index contributed by atoms with van der Waals surface area (Å²) in [7, 11) is 1.27. The van der Waals surface area contributed by atoms with Crippen molar-refractivity contribution in [2.45, 2.75) is 57.4 Å². The molecule has 0 radical (unpaired) electrons. The molecule has 0 bridgehead atoms. The van der Waals surface area contributed by atoms with Gasteiger partial charge in [0.25, 0.3) is 5.91 Å². The molecule has 0 aliphatic heterocycles. The first-order chi connectivity index (χ1) is 11.6. The van der Waals surface area contributed by atoms with Crippen molar-refractivity contribution in [3.05, 3.63) is 28.8 Å². The van der Waals surface area contributed by atoms with Crippen molar-refractivity contribution in [3.8, 4) is 0 Å². The lowest BCUT2D eigenvalue weighted by Crippen LogP contribution is -2.42. The smallest absolute Gasteiger partial charge is 0.253 e. The number of rotatable bonds is 4. The van der Waals surface area contributed by atoms with Crippen molar-refractivity contribution in [3.63, 3.8) is 0 Å². The van der Waals surface area contributed by atoms with Crippen LogP contribution in [-0.2, 0) is 10.0 Å². The molecule has 25 heavy (non-hydrogen) atoms. The van der Waals surface area contributed by atoms with Crippen molar-refractivity contribution in [2.75, 3.05) is 21.1 Å². The van der Waals surface area contributed by atoms with E-state index in [1.165, 1.54) is 30.9 Å². The Balaban J connectivity index is 2.42. The van der Waals surface area contributed by atoms with Crippen LogP contribution in [0.15, 0.2) is 17.0 Å². The second-order valence-corrected chi connectivity index (χ2v) is 9.57. The second kappa shape index (κ2) is 7.46. The molecule has 0 spiro atoms. The van der Waals surface area contributed by atoms with E-state index >= 15 is 0 Å². The Morgan fingerprint density at radius 2 is 1.68 bits per heavy atom. The highest BCUT2D eigenvalue weighted by Gasteiger charge is 2.30. The Hall–Kier alpha value is -1.40. The first-order valence-electron chi connectivity index (χ1n) is 8.88. The number of amides is 1. The summed E-state index contributed by atoms with van der Waals surface area (Å²) >= 11 is 0. The van der Waals surface area contributed by atoms with Crippen molar-refractivity contribution in [1.82, 2.24) is 9.21 Å². The molecule has 5 nitrogen and oxygen atoms in total. The molecular formula is C19H30N2O3S. The van der Waals surface area contributed by atoms with Gasteiger partial charge in [-0.3, -0.25) is 4.79 Å². The molecule has 1 saturated carbocycles. The minimum absolute atomic E-state index is 0.0999. The summed E-state index contributed by atoms with van der Waals surface area (Å²) in [6.45, 7) is 5.83. The normalized spacial score (nSPS) is 21.4. The van der Waals surface area contributed by atoms with Gasteiger partial charge in [-0.2, -0.15) is 0 Å². The Morgan fingerprint density at radius 1 is 1.08 bits per heavy atom. The van der Waals surface area contributed by atoms with Gasteiger partial charge in [-0.15, -0.1) is 0 Å². The van der Waals surface area contributed by atoms with Gasteiger partial charge in [-0.05, 0) is 55.9 Å². The maximum absolute atomic E-state index is 13.0. The van der Waals surface area contributed by atoms with Gasteiger partial charge in [0.05, 0.1) is 4.90 Å². The quantitative estimate of drug-likeness (QED) is 0.822. The fraction of sp³-hybridized carbons (Fsp3) is 0.632. The molecule has 1 aromatic carbocycles. The molecule has 0 aromatic heterocycles. The molecule has 1 aliphatic carbocycles. The van der Waals surface area contributed by atoms with E-state index in [1.54, 1.807) is 17.9 Å². The molecule has 0 heterocycles. The zero-order chi connectivity index (χ0) is 18.9. The molecule has 2 atom stereocenters. The van der Waals surface area contributed by atoms with E-state index in [1.807, 2.05) is 14.0 Å². The molecule has 140 valence electrons. The first-order valence-corrected chi connectivity index (χ1v) is 10.3. The summed E-state index contributed by atoms with van der Waals surface area (Å²) in [6.07, 6.45) is 4.50. The van der Waals surface area contributed by atoms with E-state index in [2.05, 4.69) is 6.92 Å². The highest BCUT2D eigenvalue weighted by atomic mass is 32.2. The van der Waals surface area contributed by atoms with E-state index in [0.717, 1.165) is 24.8 Å². The van der Waals surface area contributed by atoms with Gasteiger partial charge >= 0.3 is 0 Å². The van der Waals surface area contributed by atoms with Crippen LogP contribution in [0.4, 0.5) is 0 Å². The van der Waals surface area contributed by atoms with Gasteiger partial charge in [0, 0.05) is 32.7 Å². The predicted molar refractivity (Wildman–Crippen MR) is 100 cm³/mol. The monoisotopic (exact) mass is 366 g/mol. The number of sulfonamides is 1. The zero-order valence-corrected chi connectivity index (χ0v) is 17.0. The standard InChI is InChI=1S/C19H30N2O3S/c1-13-9-7-8-10-17(13)21(6)19(22)16-11-14(2)15(3)18(12-16)25(23,24)20(4)5/h11-13,17H,7-10H2,1-6H3. The highest BCUT2D eigenvalue weighted by Crippen LogP contribution is 2.29. The van der Waals surface area contributed by atoms with Crippen LogP contribution >= 0.6 is 0 Å². The van der Waals surface area contributed by atoms with Crippen LogP contribution in [0.3, 0.4) is 0 Å². The predicted octanol–water partition coefficient (Wildman–Crippen LogP) is 3.20. The molecule has 0 saturated heterocycles. The fourth-order valence-corrected chi connectivity index (χ4v) is 4.86. The van der Waals surface area contributed by atoms with Crippen LogP contribution in [0.25, 0.3) is 0 Å². The van der Waals surface area contributed by atoms with Crippen LogP contribution in [0.2, 0.25) is 0 Å². The third-order valence-corrected chi connectivity index (χ3v) is 7.45. The largest absolute Gasteiger partial charge is 0.338 e. The van der Waals surface area contributed by atoms with Crippen LogP contribution < -0.4 is 0 Å². The number of aryl methyl sites for hydroxylation is 1. The average Bonchev–Trinajstić information content (AvgIpc) is 2.56. The van der Waals surface area contributed by atoms with E-state index in [0.29, 0.717) is 17.0 Å². The van der Waals surface area contributed by atoms with Gasteiger partial charge in [-0.25, -0.2) is 12.7 Å². The minimum Gasteiger partial charge on any atom is -0.338 e. The van der Waals surface area contributed by atoms with Gasteiger partial charge < -0.3 is 4.90 Å². The molecule has 2 rings (SSSR count). The Labute approximate surface area is 152 Å². The van der Waals surface area contributed by atoms with Crippen LogP contribution in [0.1, 0.15) is 54.1 Å². The molecule has 1 amide bonds. The molecule has 1 fully saturated rings. The Morgan fingerprint density at radius 3 is 2.24 bits per heavy atom. The summed E-state index contributed by atoms with van der Waals surface area (Å²) in [5.74, 6) is 0.372. The van der Waals surface area contributed by atoms with Crippen molar-refractivity contribution in [1.29, 1.82) is 0 Å². The Kier molecular flexibility index (Phi) is 5.94. The number of hydrogen-bond acceptors (Lipinski definition) is 3. The highest BCUT2D eigenvalue weighted by molar-refractivity contribution is 7.89. The third-order valence-electron chi connectivity index (χ3n) is 5.51. The van der Waals surface area contributed by atoms with Crippen LogP contribution in [-0.4, -0.2) is 50.7 Å². The molecule has 0 N–H and O–H groups in total. The van der Waals surface area contributed by atoms with E-state index < -0.39 is 10.0 Å². The summed E-state index contributed by atoms with van der Waals surface area (Å²) < 4.78 is 26.4. The fourth-order valence-electron chi connectivity index (χ4n) is 3.64. The third kappa shape index (κ3) is 3.90. The first kappa shape index (κ1) is 19.9. The van der Waals surface area contributed by atoms with Crippen molar-refractivity contribution >= 4 is 15.9 Å². The maximum atomic E-state index is 13.0. The van der Waals surface area contributed by atoms with Crippen LogP contribution in [0, 0.1) is 19.8 Å². The summed E-state index contributed by atoms with van der Waals surface area (Å²) in [5, 5.41) is 0. The SMILES string of the molecule is Cc1cc(C(=O)N(C)C2CCCCC2C)cc(S(=O)(=O)N(C)C)c1C. The van der Waals surface area contributed by atoms with E-state index in [4.69, 9.17) is 0 Å². The summed E-state index contributed by atoms with van der Waals surface area (Å²) in [6, 6.07) is 3.55. The molecular weight excluding hydrogens is 336 g/mol. The van der Waals surface area contributed by atoms with Gasteiger partial charge in [0.1, 0.15) is 0 Å². The summed E-state index contributed by atoms with van der Waals surface area (Å²) in [5.41, 5.74) is 1.96. The lowest BCUT2D eigenvalue weighted by Gasteiger charge is -2.36. The molecule has 2 unspecified atom stereocenters. The second-order valence-electron chi connectivity index (χ2n) is 7.45. The van der Waals surface area contributed by atoms with E-state index in [9.17, 15) is 13.2 Å². The number of hydrogen-bond donors (Lipinski definition) is 0. The molecule has 1 aliphatic rings. The summed E-state index contributed by atoms with van der Waals surface area (Å²) in [4.78, 5) is 15.0. The minimum atomic E-state index is -3.58. The lowest BCUT2D eigenvalue weighted by atomic mass is 9.85. The number of carbonyl (C=O) groups is 1. The lowest BCUT2D eigenvalue weighted by molar-refractivity contribution is 0.0628. The maximum Gasteiger partial charge on any atom is 0.253 e. The zero-order valence-electron chi connectivity index (χ0n) is 16.2. The van der Waals surface area contributed by atoms with Crippen LogP contribution in [0.5, 0.6) is 0 Å². The van der Waals surface area contributed by atoms with Gasteiger partial charge in [0.2, 0.25) is 10.0 Å². The van der Waals surface area contributed by atoms with Gasteiger partial charge in [0.15, 0.2) is 0 Å². The molecule has 1 aromatic rings. The Bertz CT molecular complexity index is 756. The van der Waals surface area contributed by atoms with Gasteiger partial charge in [-0.1, -0.05) is 19.8 Å². The number of carbonyl (C=O) groups excluding carboxylic acids is 1. The average molecular weight is 367 g/mol. The van der Waals surface area contributed by atoms with Crippen molar-refractivity contribution < 1.29 is 13.2 Å². The molecule has 6 heteroatoms.